The number of hydrogen-bond donors (Lipinski definition) is 2. The van der Waals surface area contributed by atoms with Gasteiger partial charge in [-0.1, -0.05) is 30.3 Å². The summed E-state index contributed by atoms with van der Waals surface area (Å²) in [6.07, 6.45) is 1.43. The van der Waals surface area contributed by atoms with Gasteiger partial charge in [0.25, 0.3) is 5.56 Å². The number of nitrogens with zero attached hydrogens (tertiary/aromatic N) is 1. The number of amides is 1. The Balaban J connectivity index is 2.25. The number of nitrogens with one attached hydrogen (secondary N) is 2. The maximum atomic E-state index is 12.1. The fraction of sp³-hybridized carbons (Fsp3) is 0.353. The van der Waals surface area contributed by atoms with Crippen molar-refractivity contribution in [3.05, 3.63) is 61.8 Å². The van der Waals surface area contributed by atoms with Gasteiger partial charge in [0, 0.05) is 12.6 Å². The number of H-pyrrole nitrogens is 1. The molecule has 128 valence electrons. The van der Waals surface area contributed by atoms with Crippen LogP contribution in [0.25, 0.3) is 0 Å². The summed E-state index contributed by atoms with van der Waals surface area (Å²) in [4.78, 5) is 31.0. The van der Waals surface area contributed by atoms with Gasteiger partial charge in [0.1, 0.15) is 11.4 Å². The van der Waals surface area contributed by atoms with Gasteiger partial charge < -0.3 is 15.0 Å². The van der Waals surface area contributed by atoms with Crippen LogP contribution in [0.15, 0.2) is 41.3 Å². The maximum absolute atomic E-state index is 12.1. The van der Waals surface area contributed by atoms with Crippen molar-refractivity contribution in [3.63, 3.8) is 0 Å². The maximum Gasteiger partial charge on any atom is 0.408 e. The molecular weight excluding hydrogens is 421 g/mol. The Bertz CT molecular complexity index is 754. The highest BCUT2D eigenvalue weighted by Crippen LogP contribution is 2.16. The molecule has 0 aliphatic rings. The van der Waals surface area contributed by atoms with Crippen molar-refractivity contribution in [3.8, 4) is 0 Å². The van der Waals surface area contributed by atoms with E-state index in [4.69, 9.17) is 4.74 Å². The summed E-state index contributed by atoms with van der Waals surface area (Å²) in [5, 5.41) is 2.79. The molecule has 1 amide bonds. The van der Waals surface area contributed by atoms with Crippen LogP contribution in [-0.4, -0.2) is 21.7 Å². The molecule has 0 bridgehead atoms. The van der Waals surface area contributed by atoms with Crippen LogP contribution < -0.4 is 10.9 Å². The van der Waals surface area contributed by atoms with Gasteiger partial charge in [-0.15, -0.1) is 0 Å². The number of rotatable bonds is 4. The minimum Gasteiger partial charge on any atom is -0.444 e. The van der Waals surface area contributed by atoms with Gasteiger partial charge in [-0.05, 0) is 48.9 Å². The van der Waals surface area contributed by atoms with E-state index in [1.54, 1.807) is 20.8 Å². The molecule has 6 nitrogen and oxygen atoms in total. The smallest absolute Gasteiger partial charge is 0.408 e. The van der Waals surface area contributed by atoms with E-state index in [2.05, 4.69) is 15.3 Å². The van der Waals surface area contributed by atoms with E-state index in [0.29, 0.717) is 15.8 Å². The molecule has 0 aliphatic carbocycles. The molecule has 1 atom stereocenters. The molecule has 0 saturated heterocycles. The van der Waals surface area contributed by atoms with Crippen LogP contribution in [0, 0.1) is 3.57 Å². The number of aromatic nitrogens is 2. The average molecular weight is 441 g/mol. The van der Waals surface area contributed by atoms with Gasteiger partial charge in [-0.3, -0.25) is 4.79 Å². The number of alkyl carbamates (subject to hydrolysis) is 1. The van der Waals surface area contributed by atoms with Gasteiger partial charge in [-0.2, -0.15) is 0 Å². The fourth-order valence-corrected chi connectivity index (χ4v) is 2.36. The number of ether oxygens (including phenoxy) is 1. The van der Waals surface area contributed by atoms with Crippen LogP contribution in [-0.2, 0) is 11.2 Å². The molecule has 0 unspecified atom stereocenters. The van der Waals surface area contributed by atoms with E-state index in [0.717, 1.165) is 5.56 Å². The predicted octanol–water partition coefficient (Wildman–Crippen LogP) is 3.18. The van der Waals surface area contributed by atoms with Gasteiger partial charge in [0.05, 0.1) is 9.61 Å². The van der Waals surface area contributed by atoms with E-state index < -0.39 is 17.7 Å². The molecule has 0 aliphatic heterocycles. The van der Waals surface area contributed by atoms with Crippen LogP contribution in [0.3, 0.4) is 0 Å². The van der Waals surface area contributed by atoms with Crippen molar-refractivity contribution >= 4 is 28.7 Å². The third kappa shape index (κ3) is 5.63. The number of carbonyl (C=O) groups excluding carboxylic acids is 1. The molecule has 0 radical (unpaired) electrons. The van der Waals surface area contributed by atoms with Gasteiger partial charge >= 0.3 is 6.09 Å². The molecule has 1 heterocycles. The third-order valence-corrected chi connectivity index (χ3v) is 3.85. The van der Waals surface area contributed by atoms with Crippen LogP contribution in [0.5, 0.6) is 0 Å². The van der Waals surface area contributed by atoms with Crippen molar-refractivity contribution in [2.75, 3.05) is 0 Å². The monoisotopic (exact) mass is 441 g/mol. The zero-order valence-corrected chi connectivity index (χ0v) is 16.0. The highest BCUT2D eigenvalue weighted by molar-refractivity contribution is 14.1. The topological polar surface area (TPSA) is 84.1 Å². The number of carbonyl (C=O) groups is 1. The Hall–Kier alpha value is -1.90. The minimum atomic E-state index is -0.603. The predicted molar refractivity (Wildman–Crippen MR) is 99.8 cm³/mol. The zero-order chi connectivity index (χ0) is 17.7. The minimum absolute atomic E-state index is 0.232. The standard InChI is InChI=1S/C17H20IN3O3/c1-17(2,3)24-16(23)20-13(9-11-7-5-4-6-8-11)14-19-10-12(18)15(22)21-14/h4-8,10,13H,9H2,1-3H3,(H,20,23)(H,19,21,22)/t13-/m0/s1. The highest BCUT2D eigenvalue weighted by atomic mass is 127. The summed E-state index contributed by atoms with van der Waals surface area (Å²) < 4.78 is 5.80. The summed E-state index contributed by atoms with van der Waals surface area (Å²) in [6, 6.07) is 9.17. The van der Waals surface area contributed by atoms with Crippen LogP contribution >= 0.6 is 22.6 Å². The lowest BCUT2D eigenvalue weighted by molar-refractivity contribution is 0.0501. The number of aromatic amines is 1. The largest absolute Gasteiger partial charge is 0.444 e. The van der Waals surface area contributed by atoms with Crippen LogP contribution in [0.1, 0.15) is 38.2 Å². The Morgan fingerprint density at radius 2 is 2.00 bits per heavy atom. The van der Waals surface area contributed by atoms with Crippen molar-refractivity contribution in [2.45, 2.75) is 38.8 Å². The van der Waals surface area contributed by atoms with E-state index in [1.165, 1.54) is 6.20 Å². The molecule has 0 saturated carbocycles. The van der Waals surface area contributed by atoms with E-state index >= 15 is 0 Å². The summed E-state index contributed by atoms with van der Waals surface area (Å²) in [5.41, 5.74) is 0.179. The molecule has 24 heavy (non-hydrogen) atoms. The second-order valence-corrected chi connectivity index (χ2v) is 7.50. The second-order valence-electron chi connectivity index (χ2n) is 6.33. The molecule has 0 fully saturated rings. The summed E-state index contributed by atoms with van der Waals surface area (Å²) in [7, 11) is 0. The Morgan fingerprint density at radius 3 is 2.58 bits per heavy atom. The molecule has 7 heteroatoms. The fourth-order valence-electron chi connectivity index (χ4n) is 2.09. The number of benzene rings is 1. The molecule has 2 rings (SSSR count). The molecule has 2 aromatic rings. The molecular formula is C17H20IN3O3. The summed E-state index contributed by atoms with van der Waals surface area (Å²) in [6.45, 7) is 5.39. The quantitative estimate of drug-likeness (QED) is 0.715. The zero-order valence-electron chi connectivity index (χ0n) is 13.8. The first-order valence-electron chi connectivity index (χ1n) is 7.53. The summed E-state index contributed by atoms with van der Waals surface area (Å²) >= 11 is 1.91. The Morgan fingerprint density at radius 1 is 1.33 bits per heavy atom. The number of hydrogen-bond acceptors (Lipinski definition) is 4. The molecule has 1 aromatic carbocycles. The van der Waals surface area contributed by atoms with Gasteiger partial charge in [0.2, 0.25) is 0 Å². The van der Waals surface area contributed by atoms with E-state index in [-0.39, 0.29) is 5.56 Å². The average Bonchev–Trinajstić information content (AvgIpc) is 2.48. The normalized spacial score (nSPS) is 12.5. The first kappa shape index (κ1) is 18.4. The van der Waals surface area contributed by atoms with Gasteiger partial charge in [0.15, 0.2) is 0 Å². The Kier molecular flexibility index (Phi) is 5.98. The van der Waals surface area contributed by atoms with Crippen molar-refractivity contribution in [1.82, 2.24) is 15.3 Å². The molecule has 1 aromatic heterocycles. The first-order chi connectivity index (χ1) is 11.2. The SMILES string of the molecule is CC(C)(C)OC(=O)N[C@@H](Cc1ccccc1)c1ncc(I)c(=O)[nH]1. The number of halogens is 1. The highest BCUT2D eigenvalue weighted by Gasteiger charge is 2.22. The summed E-state index contributed by atoms with van der Waals surface area (Å²) in [5.74, 6) is 0.398. The molecule has 2 N–H and O–H groups in total. The molecule has 0 spiro atoms. The van der Waals surface area contributed by atoms with E-state index in [1.807, 2.05) is 52.9 Å². The van der Waals surface area contributed by atoms with E-state index in [9.17, 15) is 9.59 Å². The lowest BCUT2D eigenvalue weighted by atomic mass is 10.1. The lowest BCUT2D eigenvalue weighted by Crippen LogP contribution is -2.37. The van der Waals surface area contributed by atoms with Crippen LogP contribution in [0.2, 0.25) is 0 Å². The third-order valence-electron chi connectivity index (χ3n) is 3.08. The Labute approximate surface area is 154 Å². The van der Waals surface area contributed by atoms with Crippen molar-refractivity contribution in [1.29, 1.82) is 0 Å². The van der Waals surface area contributed by atoms with Crippen molar-refractivity contribution < 1.29 is 9.53 Å². The van der Waals surface area contributed by atoms with Crippen LogP contribution in [0.4, 0.5) is 4.79 Å². The second kappa shape index (κ2) is 7.78. The first-order valence-corrected chi connectivity index (χ1v) is 8.60. The van der Waals surface area contributed by atoms with Gasteiger partial charge in [-0.25, -0.2) is 9.78 Å². The lowest BCUT2D eigenvalue weighted by Gasteiger charge is -2.23. The van der Waals surface area contributed by atoms with Crippen molar-refractivity contribution in [2.24, 2.45) is 0 Å².